The number of amides is 2. The number of unbranched alkanes of at least 4 members (excludes halogenated alkanes) is 1. The standard InChI is InChI=1S/C14H26N2O4S2/c1-7-8-9-16(5)13(19)21-22-14(3,4)11(12(18)20-6)15-10(2)17/h11H,7-9H2,1-6H3,(H,15,17). The third-order valence-electron chi connectivity index (χ3n) is 2.97. The van der Waals surface area contributed by atoms with Gasteiger partial charge in [-0.1, -0.05) is 24.1 Å². The first-order chi connectivity index (χ1) is 10.2. The smallest absolute Gasteiger partial charge is 0.329 e. The summed E-state index contributed by atoms with van der Waals surface area (Å²) in [6, 6.07) is -0.818. The van der Waals surface area contributed by atoms with E-state index in [1.54, 1.807) is 25.8 Å². The quantitative estimate of drug-likeness (QED) is 0.536. The molecule has 0 aromatic heterocycles. The van der Waals surface area contributed by atoms with Crippen molar-refractivity contribution in [3.05, 3.63) is 0 Å². The highest BCUT2D eigenvalue weighted by Crippen LogP contribution is 2.39. The van der Waals surface area contributed by atoms with E-state index in [-0.39, 0.29) is 11.1 Å². The number of hydrogen-bond acceptors (Lipinski definition) is 6. The fourth-order valence-electron chi connectivity index (χ4n) is 1.58. The van der Waals surface area contributed by atoms with Crippen LogP contribution in [0.3, 0.4) is 0 Å². The molecule has 0 rings (SSSR count). The summed E-state index contributed by atoms with van der Waals surface area (Å²) >= 11 is 0. The van der Waals surface area contributed by atoms with E-state index in [0.717, 1.165) is 23.6 Å². The summed E-state index contributed by atoms with van der Waals surface area (Å²) in [5, 5.41) is 2.51. The zero-order valence-corrected chi connectivity index (χ0v) is 15.7. The Hall–Kier alpha value is -0.890. The van der Waals surface area contributed by atoms with Crippen LogP contribution in [-0.4, -0.2) is 53.5 Å². The average molecular weight is 351 g/mol. The number of carbonyl (C=O) groups is 3. The van der Waals surface area contributed by atoms with Gasteiger partial charge in [-0.25, -0.2) is 4.79 Å². The van der Waals surface area contributed by atoms with E-state index in [1.807, 2.05) is 0 Å². The van der Waals surface area contributed by atoms with E-state index < -0.39 is 16.8 Å². The molecule has 0 aromatic carbocycles. The molecule has 0 spiro atoms. The molecule has 1 atom stereocenters. The molecule has 0 saturated carbocycles. The third-order valence-corrected chi connectivity index (χ3v) is 6.14. The summed E-state index contributed by atoms with van der Waals surface area (Å²) in [5.41, 5.74) is 0. The Balaban J connectivity index is 4.72. The van der Waals surface area contributed by atoms with Crippen LogP contribution >= 0.6 is 21.6 Å². The largest absolute Gasteiger partial charge is 0.467 e. The molecule has 22 heavy (non-hydrogen) atoms. The minimum Gasteiger partial charge on any atom is -0.467 e. The molecule has 128 valence electrons. The van der Waals surface area contributed by atoms with E-state index in [4.69, 9.17) is 4.74 Å². The topological polar surface area (TPSA) is 75.7 Å². The summed E-state index contributed by atoms with van der Waals surface area (Å²) in [5.74, 6) is -0.847. The van der Waals surface area contributed by atoms with Gasteiger partial charge in [0.2, 0.25) is 5.91 Å². The highest BCUT2D eigenvalue weighted by atomic mass is 33.1. The highest BCUT2D eigenvalue weighted by molar-refractivity contribution is 8.82. The van der Waals surface area contributed by atoms with Crippen LogP contribution in [0.25, 0.3) is 0 Å². The lowest BCUT2D eigenvalue weighted by atomic mass is 10.0. The fourth-order valence-corrected chi connectivity index (χ4v) is 3.86. The Morgan fingerprint density at radius 3 is 2.36 bits per heavy atom. The van der Waals surface area contributed by atoms with Crippen LogP contribution in [0.1, 0.15) is 40.5 Å². The Labute approximate surface area is 140 Å². The number of nitrogens with one attached hydrogen (secondary N) is 1. The molecule has 0 fully saturated rings. The maximum Gasteiger partial charge on any atom is 0.329 e. The molecule has 0 bridgehead atoms. The number of esters is 1. The average Bonchev–Trinajstić information content (AvgIpc) is 2.46. The molecule has 6 nitrogen and oxygen atoms in total. The number of methoxy groups -OCH3 is 1. The molecular formula is C14H26N2O4S2. The van der Waals surface area contributed by atoms with Gasteiger partial charge < -0.3 is 15.0 Å². The lowest BCUT2D eigenvalue weighted by molar-refractivity contribution is -0.145. The summed E-state index contributed by atoms with van der Waals surface area (Å²) in [6.07, 6.45) is 1.97. The first-order valence-corrected chi connectivity index (χ1v) is 9.26. The normalized spacial score (nSPS) is 12.5. The first-order valence-electron chi connectivity index (χ1n) is 7.11. The Morgan fingerprint density at radius 2 is 1.91 bits per heavy atom. The van der Waals surface area contributed by atoms with Crippen LogP contribution in [0.4, 0.5) is 4.79 Å². The maximum absolute atomic E-state index is 12.0. The van der Waals surface area contributed by atoms with Crippen LogP contribution < -0.4 is 5.32 Å². The molecule has 0 aliphatic carbocycles. The number of rotatable bonds is 8. The minimum atomic E-state index is -0.818. The van der Waals surface area contributed by atoms with Gasteiger partial charge in [0.1, 0.15) is 6.04 Å². The van der Waals surface area contributed by atoms with E-state index in [1.165, 1.54) is 24.8 Å². The molecule has 0 radical (unpaired) electrons. The van der Waals surface area contributed by atoms with Gasteiger partial charge >= 0.3 is 5.97 Å². The second-order valence-corrected chi connectivity index (χ2v) is 8.20. The van der Waals surface area contributed by atoms with Crippen molar-refractivity contribution in [2.24, 2.45) is 0 Å². The van der Waals surface area contributed by atoms with Crippen molar-refractivity contribution in [2.75, 3.05) is 20.7 Å². The monoisotopic (exact) mass is 350 g/mol. The summed E-state index contributed by atoms with van der Waals surface area (Å²) in [7, 11) is 5.35. The zero-order chi connectivity index (χ0) is 17.3. The van der Waals surface area contributed by atoms with Gasteiger partial charge in [-0.2, -0.15) is 0 Å². The summed E-state index contributed by atoms with van der Waals surface area (Å²) < 4.78 is 4.05. The molecule has 1 unspecified atom stereocenters. The molecule has 0 aliphatic heterocycles. The van der Waals surface area contributed by atoms with Crippen molar-refractivity contribution in [1.29, 1.82) is 0 Å². The molecule has 0 aromatic rings. The van der Waals surface area contributed by atoms with Crippen LogP contribution in [0, 0.1) is 0 Å². The summed E-state index contributed by atoms with van der Waals surface area (Å²) in [6.45, 7) is 7.70. The van der Waals surface area contributed by atoms with E-state index in [0.29, 0.717) is 6.54 Å². The zero-order valence-electron chi connectivity index (χ0n) is 14.1. The Kier molecular flexibility index (Phi) is 9.59. The lowest BCUT2D eigenvalue weighted by Gasteiger charge is -2.31. The summed E-state index contributed by atoms with van der Waals surface area (Å²) in [4.78, 5) is 36.8. The fraction of sp³-hybridized carbons (Fsp3) is 0.786. The van der Waals surface area contributed by atoms with Crippen molar-refractivity contribution in [3.8, 4) is 0 Å². The highest BCUT2D eigenvalue weighted by Gasteiger charge is 2.38. The lowest BCUT2D eigenvalue weighted by Crippen LogP contribution is -2.52. The molecule has 0 aliphatic rings. The van der Waals surface area contributed by atoms with Gasteiger partial charge in [0.05, 0.1) is 11.9 Å². The van der Waals surface area contributed by atoms with Crippen molar-refractivity contribution in [1.82, 2.24) is 10.2 Å². The minimum absolute atomic E-state index is 0.0713. The number of ether oxygens (including phenoxy) is 1. The third kappa shape index (κ3) is 7.40. The van der Waals surface area contributed by atoms with E-state index >= 15 is 0 Å². The van der Waals surface area contributed by atoms with Gasteiger partial charge in [0.15, 0.2) is 0 Å². The van der Waals surface area contributed by atoms with E-state index in [9.17, 15) is 14.4 Å². The SMILES string of the molecule is CCCCN(C)C(=O)SSC(C)(C)C(NC(C)=O)C(=O)OC. The van der Waals surface area contributed by atoms with Crippen molar-refractivity contribution in [2.45, 2.75) is 51.3 Å². The predicted octanol–water partition coefficient (Wildman–Crippen LogP) is 2.68. The molecule has 2 amide bonds. The second-order valence-electron chi connectivity index (χ2n) is 5.47. The number of carbonyl (C=O) groups excluding carboxylic acids is 3. The van der Waals surface area contributed by atoms with Crippen LogP contribution in [-0.2, 0) is 14.3 Å². The molecule has 8 heteroatoms. The molecule has 0 heterocycles. The van der Waals surface area contributed by atoms with Gasteiger partial charge in [0, 0.05) is 31.3 Å². The number of nitrogens with zero attached hydrogens (tertiary/aromatic N) is 1. The first kappa shape index (κ1) is 21.1. The molecule has 1 N–H and O–H groups in total. The van der Waals surface area contributed by atoms with Gasteiger partial charge in [-0.05, 0) is 20.3 Å². The van der Waals surface area contributed by atoms with Crippen molar-refractivity contribution < 1.29 is 19.1 Å². The molecule has 0 saturated heterocycles. The maximum atomic E-state index is 12.0. The van der Waals surface area contributed by atoms with Gasteiger partial charge in [0.25, 0.3) is 5.24 Å². The molecular weight excluding hydrogens is 324 g/mol. The van der Waals surface area contributed by atoms with Crippen LogP contribution in [0.2, 0.25) is 0 Å². The Bertz CT molecular complexity index is 402. The predicted molar refractivity (Wildman–Crippen MR) is 91.8 cm³/mol. The van der Waals surface area contributed by atoms with Crippen LogP contribution in [0.5, 0.6) is 0 Å². The number of hydrogen-bond donors (Lipinski definition) is 1. The van der Waals surface area contributed by atoms with Crippen LogP contribution in [0.15, 0.2) is 0 Å². The van der Waals surface area contributed by atoms with Crippen molar-refractivity contribution >= 4 is 38.7 Å². The van der Waals surface area contributed by atoms with Gasteiger partial charge in [-0.15, -0.1) is 0 Å². The second kappa shape index (κ2) is 9.99. The van der Waals surface area contributed by atoms with Crippen molar-refractivity contribution in [3.63, 3.8) is 0 Å². The van der Waals surface area contributed by atoms with E-state index in [2.05, 4.69) is 12.2 Å². The van der Waals surface area contributed by atoms with Gasteiger partial charge in [-0.3, -0.25) is 9.59 Å². The Morgan fingerprint density at radius 1 is 1.32 bits per heavy atom.